The number of anilines is 1. The normalized spacial score (nSPS) is 18.8. The first kappa shape index (κ1) is 26.8. The summed E-state index contributed by atoms with van der Waals surface area (Å²) in [6, 6.07) is 16.5. The van der Waals surface area contributed by atoms with Gasteiger partial charge in [-0.25, -0.2) is 4.39 Å². The van der Waals surface area contributed by atoms with Crippen LogP contribution in [-0.2, 0) is 27.4 Å². The molecular weight excluding hydrogens is 489 g/mol. The molecule has 2 aromatic carbocycles. The SMILES string of the molecule is O[C@H](COCc1ccccc1)CN(Cc1c(-c2ccccc2F)noc1N1CCOCC1)C[C@H]1CCCO1. The minimum Gasteiger partial charge on any atom is -0.389 e. The van der Waals surface area contributed by atoms with Crippen molar-refractivity contribution in [3.8, 4) is 11.3 Å². The van der Waals surface area contributed by atoms with Crippen LogP contribution in [0.5, 0.6) is 0 Å². The standard InChI is InChI=1S/C29H36FN3O5/c30-27-11-5-4-10-25(27)28-26(29(38-31-28)33-12-15-35-16-13-33)19-32(18-24-9-6-14-37-24)17-23(34)21-36-20-22-7-2-1-3-8-22/h1-5,7-8,10-11,23-24,34H,6,9,12-21H2/t23-,24+/m0/s1. The van der Waals surface area contributed by atoms with Crippen molar-refractivity contribution in [3.05, 3.63) is 71.5 Å². The summed E-state index contributed by atoms with van der Waals surface area (Å²) < 4.78 is 38.0. The fraction of sp³-hybridized carbons (Fsp3) is 0.483. The van der Waals surface area contributed by atoms with Crippen molar-refractivity contribution in [1.82, 2.24) is 10.1 Å². The molecule has 2 aliphatic heterocycles. The molecule has 2 saturated heterocycles. The van der Waals surface area contributed by atoms with E-state index in [0.29, 0.717) is 69.7 Å². The van der Waals surface area contributed by atoms with E-state index in [1.807, 2.05) is 30.3 Å². The van der Waals surface area contributed by atoms with E-state index in [1.54, 1.807) is 18.2 Å². The van der Waals surface area contributed by atoms with Gasteiger partial charge in [0.05, 0.1) is 44.2 Å². The van der Waals surface area contributed by atoms with Crippen molar-refractivity contribution in [2.75, 3.05) is 57.5 Å². The molecule has 204 valence electrons. The second kappa shape index (κ2) is 13.3. The van der Waals surface area contributed by atoms with Crippen molar-refractivity contribution in [2.24, 2.45) is 0 Å². The number of hydrogen-bond acceptors (Lipinski definition) is 8. The summed E-state index contributed by atoms with van der Waals surface area (Å²) >= 11 is 0. The summed E-state index contributed by atoms with van der Waals surface area (Å²) in [5, 5.41) is 15.2. The van der Waals surface area contributed by atoms with Gasteiger partial charge in [-0.1, -0.05) is 47.6 Å². The number of hydrogen-bond donors (Lipinski definition) is 1. The molecule has 1 N–H and O–H groups in total. The number of nitrogens with zero attached hydrogens (tertiary/aromatic N) is 3. The average molecular weight is 526 g/mol. The van der Waals surface area contributed by atoms with Gasteiger partial charge in [0.1, 0.15) is 11.5 Å². The van der Waals surface area contributed by atoms with Crippen molar-refractivity contribution in [1.29, 1.82) is 0 Å². The van der Waals surface area contributed by atoms with Crippen LogP contribution >= 0.6 is 0 Å². The number of benzene rings is 2. The molecule has 2 atom stereocenters. The Morgan fingerprint density at radius 3 is 2.63 bits per heavy atom. The lowest BCUT2D eigenvalue weighted by molar-refractivity contribution is -0.00286. The van der Waals surface area contributed by atoms with E-state index in [9.17, 15) is 9.50 Å². The van der Waals surface area contributed by atoms with E-state index >= 15 is 0 Å². The van der Waals surface area contributed by atoms with E-state index in [2.05, 4.69) is 15.0 Å². The predicted molar refractivity (Wildman–Crippen MR) is 141 cm³/mol. The summed E-state index contributed by atoms with van der Waals surface area (Å²) in [4.78, 5) is 4.24. The molecule has 2 aliphatic rings. The second-order valence-corrected chi connectivity index (χ2v) is 9.88. The van der Waals surface area contributed by atoms with Crippen LogP contribution in [0.2, 0.25) is 0 Å². The molecule has 0 unspecified atom stereocenters. The first-order valence-electron chi connectivity index (χ1n) is 13.4. The number of rotatable bonds is 12. The van der Waals surface area contributed by atoms with Gasteiger partial charge < -0.3 is 28.7 Å². The predicted octanol–water partition coefficient (Wildman–Crippen LogP) is 3.88. The Hall–Kier alpha value is -2.82. The second-order valence-electron chi connectivity index (χ2n) is 9.88. The van der Waals surface area contributed by atoms with Gasteiger partial charge in [-0.3, -0.25) is 4.90 Å². The quantitative estimate of drug-likeness (QED) is 0.382. The third-order valence-corrected chi connectivity index (χ3v) is 6.95. The molecule has 0 amide bonds. The Labute approximate surface area is 222 Å². The van der Waals surface area contributed by atoms with Gasteiger partial charge >= 0.3 is 0 Å². The van der Waals surface area contributed by atoms with Crippen LogP contribution in [-0.4, -0.2) is 80.0 Å². The van der Waals surface area contributed by atoms with Gasteiger partial charge in [0.2, 0.25) is 5.88 Å². The van der Waals surface area contributed by atoms with Gasteiger partial charge in [-0.15, -0.1) is 0 Å². The highest BCUT2D eigenvalue weighted by molar-refractivity contribution is 5.69. The van der Waals surface area contributed by atoms with E-state index in [1.165, 1.54) is 6.07 Å². The summed E-state index contributed by atoms with van der Waals surface area (Å²) in [5.41, 5.74) is 2.74. The van der Waals surface area contributed by atoms with Crippen LogP contribution in [0.25, 0.3) is 11.3 Å². The van der Waals surface area contributed by atoms with Crippen LogP contribution in [0.4, 0.5) is 10.3 Å². The number of halogens is 1. The highest BCUT2D eigenvalue weighted by atomic mass is 19.1. The van der Waals surface area contributed by atoms with Crippen molar-refractivity contribution < 1.29 is 28.2 Å². The number of aliphatic hydroxyl groups is 1. The molecule has 0 aliphatic carbocycles. The van der Waals surface area contributed by atoms with E-state index < -0.39 is 6.10 Å². The van der Waals surface area contributed by atoms with Crippen LogP contribution in [0.15, 0.2) is 59.1 Å². The number of ether oxygens (including phenoxy) is 3. The molecule has 9 heteroatoms. The maximum absolute atomic E-state index is 14.9. The van der Waals surface area contributed by atoms with Gasteiger partial charge in [0.25, 0.3) is 0 Å². The van der Waals surface area contributed by atoms with Crippen molar-refractivity contribution in [2.45, 2.75) is 38.2 Å². The monoisotopic (exact) mass is 525 g/mol. The minimum absolute atomic E-state index is 0.0797. The van der Waals surface area contributed by atoms with Crippen LogP contribution in [0.1, 0.15) is 24.0 Å². The molecule has 38 heavy (non-hydrogen) atoms. The van der Waals surface area contributed by atoms with Crippen LogP contribution < -0.4 is 4.90 Å². The third-order valence-electron chi connectivity index (χ3n) is 6.95. The Morgan fingerprint density at radius 1 is 1.08 bits per heavy atom. The van der Waals surface area contributed by atoms with Gasteiger partial charge in [0.15, 0.2) is 0 Å². The summed E-state index contributed by atoms with van der Waals surface area (Å²) in [5.74, 6) is 0.273. The number of aromatic nitrogens is 1. The summed E-state index contributed by atoms with van der Waals surface area (Å²) in [6.07, 6.45) is 1.37. The van der Waals surface area contributed by atoms with Crippen LogP contribution in [0.3, 0.4) is 0 Å². The minimum atomic E-state index is -0.705. The maximum atomic E-state index is 14.9. The molecule has 3 aromatic rings. The molecule has 1 aromatic heterocycles. The van der Waals surface area contributed by atoms with Gasteiger partial charge in [0, 0.05) is 44.9 Å². The summed E-state index contributed by atoms with van der Waals surface area (Å²) in [6.45, 7) is 5.34. The average Bonchev–Trinajstić information content (AvgIpc) is 3.60. The maximum Gasteiger partial charge on any atom is 0.232 e. The fourth-order valence-corrected chi connectivity index (χ4v) is 5.06. The van der Waals surface area contributed by atoms with Crippen molar-refractivity contribution >= 4 is 5.88 Å². The zero-order chi connectivity index (χ0) is 26.2. The zero-order valence-electron chi connectivity index (χ0n) is 21.6. The molecule has 5 rings (SSSR count). The Morgan fingerprint density at radius 2 is 1.87 bits per heavy atom. The Bertz CT molecular complexity index is 1130. The molecule has 3 heterocycles. The fourth-order valence-electron chi connectivity index (χ4n) is 5.06. The number of morpholine rings is 1. The van der Waals surface area contributed by atoms with E-state index in [4.69, 9.17) is 18.7 Å². The molecule has 0 spiro atoms. The highest BCUT2D eigenvalue weighted by Gasteiger charge is 2.29. The smallest absolute Gasteiger partial charge is 0.232 e. The van der Waals surface area contributed by atoms with E-state index in [0.717, 1.165) is 30.6 Å². The topological polar surface area (TPSA) is 80.4 Å². The van der Waals surface area contributed by atoms with Crippen LogP contribution in [0, 0.1) is 5.82 Å². The largest absolute Gasteiger partial charge is 0.389 e. The van der Waals surface area contributed by atoms with Gasteiger partial charge in [-0.2, -0.15) is 0 Å². The highest BCUT2D eigenvalue weighted by Crippen LogP contribution is 2.34. The molecular formula is C29H36FN3O5. The molecule has 2 fully saturated rings. The molecule has 8 nitrogen and oxygen atoms in total. The molecule has 0 saturated carbocycles. The molecule has 0 bridgehead atoms. The van der Waals surface area contributed by atoms with Crippen molar-refractivity contribution in [3.63, 3.8) is 0 Å². The van der Waals surface area contributed by atoms with E-state index in [-0.39, 0.29) is 18.5 Å². The number of aliphatic hydroxyl groups excluding tert-OH is 1. The lowest BCUT2D eigenvalue weighted by atomic mass is 10.1. The summed E-state index contributed by atoms with van der Waals surface area (Å²) in [7, 11) is 0. The first-order chi connectivity index (χ1) is 18.7. The van der Waals surface area contributed by atoms with Gasteiger partial charge in [-0.05, 0) is 30.5 Å². The Balaban J connectivity index is 1.35. The zero-order valence-corrected chi connectivity index (χ0v) is 21.6. The Kier molecular flexibility index (Phi) is 9.37. The first-order valence-corrected chi connectivity index (χ1v) is 13.4. The third kappa shape index (κ3) is 6.98. The molecule has 0 radical (unpaired) electrons. The lowest BCUT2D eigenvalue weighted by Crippen LogP contribution is -2.40. The lowest BCUT2D eigenvalue weighted by Gasteiger charge is -2.30.